The van der Waals surface area contributed by atoms with E-state index in [9.17, 15) is 9.59 Å². The van der Waals surface area contributed by atoms with E-state index in [4.69, 9.17) is 9.26 Å². The Hall–Kier alpha value is -3.46. The molecule has 3 heterocycles. The molecule has 168 valence electrons. The van der Waals surface area contributed by atoms with Crippen molar-refractivity contribution < 1.29 is 18.8 Å². The number of aryl methyl sites for hydroxylation is 1. The molecule has 1 unspecified atom stereocenters. The van der Waals surface area contributed by atoms with Crippen molar-refractivity contribution in [2.75, 3.05) is 26.8 Å². The van der Waals surface area contributed by atoms with E-state index in [1.807, 2.05) is 50.2 Å². The van der Waals surface area contributed by atoms with E-state index in [0.717, 1.165) is 17.0 Å². The summed E-state index contributed by atoms with van der Waals surface area (Å²) in [6, 6.07) is 10.6. The number of amides is 2. The topological polar surface area (TPSA) is 102 Å². The van der Waals surface area contributed by atoms with Gasteiger partial charge < -0.3 is 24.0 Å². The van der Waals surface area contributed by atoms with Crippen molar-refractivity contribution in [3.05, 3.63) is 59.2 Å². The third kappa shape index (κ3) is 4.29. The highest BCUT2D eigenvalue weighted by Crippen LogP contribution is 2.22. The van der Waals surface area contributed by atoms with Crippen LogP contribution in [0, 0.1) is 13.8 Å². The summed E-state index contributed by atoms with van der Waals surface area (Å²) in [5.41, 5.74) is 3.25. The quantitative estimate of drug-likeness (QED) is 0.606. The number of rotatable bonds is 7. The molecule has 4 rings (SSSR count). The number of methoxy groups -OCH3 is 1. The molecule has 32 heavy (non-hydrogen) atoms. The van der Waals surface area contributed by atoms with Gasteiger partial charge in [0.1, 0.15) is 6.04 Å². The van der Waals surface area contributed by atoms with Crippen LogP contribution in [0.15, 0.2) is 40.9 Å². The van der Waals surface area contributed by atoms with Crippen LogP contribution in [0.2, 0.25) is 0 Å². The van der Waals surface area contributed by atoms with Crippen LogP contribution in [-0.4, -0.2) is 64.3 Å². The van der Waals surface area contributed by atoms with Crippen LogP contribution in [0.25, 0.3) is 11.4 Å². The number of piperazine rings is 1. The van der Waals surface area contributed by atoms with E-state index in [1.165, 1.54) is 0 Å². The second-order valence-electron chi connectivity index (χ2n) is 7.82. The number of ether oxygens (including phenoxy) is 1. The summed E-state index contributed by atoms with van der Waals surface area (Å²) in [6.45, 7) is 5.91. The van der Waals surface area contributed by atoms with Crippen molar-refractivity contribution in [2.45, 2.75) is 32.9 Å². The zero-order valence-corrected chi connectivity index (χ0v) is 18.5. The summed E-state index contributed by atoms with van der Waals surface area (Å²) in [5.74, 6) is 0.368. The first-order valence-electron chi connectivity index (χ1n) is 10.6. The minimum atomic E-state index is -0.720. The average molecular weight is 438 g/mol. The first-order valence-corrected chi connectivity index (χ1v) is 10.6. The first-order chi connectivity index (χ1) is 15.5. The highest BCUT2D eigenvalue weighted by atomic mass is 16.5. The largest absolute Gasteiger partial charge is 0.383 e. The van der Waals surface area contributed by atoms with E-state index in [2.05, 4.69) is 20.0 Å². The maximum atomic E-state index is 13.5. The summed E-state index contributed by atoms with van der Waals surface area (Å²) in [7, 11) is 1.65. The number of benzene rings is 1. The number of aromatic nitrogens is 3. The molecule has 9 nitrogen and oxygen atoms in total. The molecule has 1 fully saturated rings. The van der Waals surface area contributed by atoms with Gasteiger partial charge in [-0.05, 0) is 19.9 Å². The second-order valence-corrected chi connectivity index (χ2v) is 7.82. The molecule has 0 saturated carbocycles. The molecule has 0 aliphatic carbocycles. The predicted molar refractivity (Wildman–Crippen MR) is 117 cm³/mol. The lowest BCUT2D eigenvalue weighted by Gasteiger charge is -2.34. The Morgan fingerprint density at radius 2 is 2.06 bits per heavy atom. The molecule has 2 aromatic heterocycles. The minimum absolute atomic E-state index is 0.153. The van der Waals surface area contributed by atoms with Crippen molar-refractivity contribution in [3.8, 4) is 11.4 Å². The Labute approximate surface area is 186 Å². The highest BCUT2D eigenvalue weighted by molar-refractivity contribution is 5.99. The third-order valence-corrected chi connectivity index (χ3v) is 5.78. The van der Waals surface area contributed by atoms with E-state index in [-0.39, 0.29) is 18.2 Å². The molecule has 1 saturated heterocycles. The second kappa shape index (κ2) is 9.35. The molecular formula is C23H27N5O4. The molecule has 3 aromatic rings. The lowest BCUT2D eigenvalue weighted by Crippen LogP contribution is -2.58. The molecule has 1 N–H and O–H groups in total. The molecule has 2 amide bonds. The molecule has 1 aliphatic rings. The van der Waals surface area contributed by atoms with Gasteiger partial charge >= 0.3 is 0 Å². The number of nitrogens with zero attached hydrogens (tertiary/aromatic N) is 4. The first kappa shape index (κ1) is 21.8. The molecule has 1 atom stereocenters. The van der Waals surface area contributed by atoms with E-state index < -0.39 is 6.04 Å². The smallest absolute Gasteiger partial charge is 0.256 e. The Balaban J connectivity index is 1.56. The fourth-order valence-corrected chi connectivity index (χ4v) is 4.07. The van der Waals surface area contributed by atoms with Crippen molar-refractivity contribution in [2.24, 2.45) is 0 Å². The predicted octanol–water partition coefficient (Wildman–Crippen LogP) is 1.98. The number of nitrogens with one attached hydrogen (secondary N) is 1. The van der Waals surface area contributed by atoms with Gasteiger partial charge in [0.25, 0.3) is 5.91 Å². The number of carbonyl (C=O) groups is 2. The van der Waals surface area contributed by atoms with Gasteiger partial charge in [0, 0.05) is 43.7 Å². The molecule has 1 aliphatic heterocycles. The molecule has 9 heteroatoms. The van der Waals surface area contributed by atoms with Crippen LogP contribution in [0.3, 0.4) is 0 Å². The van der Waals surface area contributed by atoms with Crippen LogP contribution >= 0.6 is 0 Å². The maximum absolute atomic E-state index is 13.5. The van der Waals surface area contributed by atoms with Crippen LogP contribution in [0.4, 0.5) is 0 Å². The highest BCUT2D eigenvalue weighted by Gasteiger charge is 2.36. The fourth-order valence-electron chi connectivity index (χ4n) is 4.07. The third-order valence-electron chi connectivity index (χ3n) is 5.78. The summed E-state index contributed by atoms with van der Waals surface area (Å²) in [6.07, 6.45) is 0.153. The maximum Gasteiger partial charge on any atom is 0.256 e. The summed E-state index contributed by atoms with van der Waals surface area (Å²) >= 11 is 0. The number of hydrogen-bond donors (Lipinski definition) is 1. The Morgan fingerprint density at radius 3 is 2.81 bits per heavy atom. The summed E-state index contributed by atoms with van der Waals surface area (Å²) < 4.78 is 12.6. The SMILES string of the molecule is COCCn1c(C)cc(C(=O)N2CCNC(=O)C2Cc2nc(-c3ccccc3)no2)c1C. The van der Waals surface area contributed by atoms with Crippen LogP contribution in [0.1, 0.15) is 27.6 Å². The van der Waals surface area contributed by atoms with Crippen molar-refractivity contribution in [3.63, 3.8) is 0 Å². The lowest BCUT2D eigenvalue weighted by molar-refractivity contribution is -0.127. The number of carbonyl (C=O) groups excluding carboxylic acids is 2. The Morgan fingerprint density at radius 1 is 1.28 bits per heavy atom. The minimum Gasteiger partial charge on any atom is -0.383 e. The van der Waals surface area contributed by atoms with E-state index in [0.29, 0.717) is 43.5 Å². The monoisotopic (exact) mass is 437 g/mol. The van der Waals surface area contributed by atoms with Gasteiger partial charge in [0.2, 0.25) is 17.6 Å². The Bertz CT molecular complexity index is 1110. The summed E-state index contributed by atoms with van der Waals surface area (Å²) in [5, 5.41) is 6.87. The van der Waals surface area contributed by atoms with Crippen LogP contribution < -0.4 is 5.32 Å². The average Bonchev–Trinajstić information content (AvgIpc) is 3.38. The zero-order chi connectivity index (χ0) is 22.7. The van der Waals surface area contributed by atoms with E-state index >= 15 is 0 Å². The molecule has 0 radical (unpaired) electrons. The van der Waals surface area contributed by atoms with Gasteiger partial charge in [0.05, 0.1) is 18.6 Å². The van der Waals surface area contributed by atoms with Gasteiger partial charge in [0.15, 0.2) is 0 Å². The zero-order valence-electron chi connectivity index (χ0n) is 18.5. The van der Waals surface area contributed by atoms with Crippen molar-refractivity contribution in [1.82, 2.24) is 24.9 Å². The standard InChI is InChI=1S/C23H27N5O4/c1-15-13-18(16(2)27(15)11-12-31-3)23(30)28-10-9-24-22(29)19(28)14-20-25-21(26-32-20)17-7-5-4-6-8-17/h4-8,13,19H,9-12,14H2,1-3H3,(H,24,29). The molecule has 0 spiro atoms. The lowest BCUT2D eigenvalue weighted by atomic mass is 10.1. The molecule has 1 aromatic carbocycles. The van der Waals surface area contributed by atoms with Gasteiger partial charge in [-0.15, -0.1) is 0 Å². The van der Waals surface area contributed by atoms with Gasteiger partial charge in [-0.25, -0.2) is 0 Å². The molecular weight excluding hydrogens is 410 g/mol. The van der Waals surface area contributed by atoms with Crippen LogP contribution in [0.5, 0.6) is 0 Å². The van der Waals surface area contributed by atoms with Gasteiger partial charge in [-0.1, -0.05) is 35.5 Å². The van der Waals surface area contributed by atoms with Crippen molar-refractivity contribution in [1.29, 1.82) is 0 Å². The number of hydrogen-bond acceptors (Lipinski definition) is 6. The normalized spacial score (nSPS) is 16.3. The van der Waals surface area contributed by atoms with Crippen LogP contribution in [-0.2, 0) is 22.5 Å². The van der Waals surface area contributed by atoms with E-state index in [1.54, 1.807) is 12.0 Å². The molecule has 0 bridgehead atoms. The van der Waals surface area contributed by atoms with Gasteiger partial charge in [-0.2, -0.15) is 4.98 Å². The Kier molecular flexibility index (Phi) is 6.36. The fraction of sp³-hybridized carbons (Fsp3) is 0.391. The van der Waals surface area contributed by atoms with Crippen molar-refractivity contribution >= 4 is 11.8 Å². The summed E-state index contributed by atoms with van der Waals surface area (Å²) in [4.78, 5) is 32.2. The van der Waals surface area contributed by atoms with Gasteiger partial charge in [-0.3, -0.25) is 9.59 Å².